The molecule has 156 valence electrons. The summed E-state index contributed by atoms with van der Waals surface area (Å²) in [5, 5.41) is 0. The average molecular weight is 401 g/mol. The number of fused-ring (bicyclic) bond motifs is 1. The maximum Gasteiger partial charge on any atom is 0.445 e. The molecule has 1 atom stereocenters. The van der Waals surface area contributed by atoms with Gasteiger partial charge in [-0.15, -0.1) is 4.99 Å². The molecule has 0 aromatic heterocycles. The molecular formula is C21H30N5O3+. The summed E-state index contributed by atoms with van der Waals surface area (Å²) in [5.74, 6) is 0.0918. The molecule has 4 amide bonds. The minimum Gasteiger partial charge on any atom is -0.333 e. The predicted molar refractivity (Wildman–Crippen MR) is 109 cm³/mol. The van der Waals surface area contributed by atoms with Gasteiger partial charge in [-0.1, -0.05) is 25.3 Å². The van der Waals surface area contributed by atoms with E-state index >= 15 is 0 Å². The van der Waals surface area contributed by atoms with Crippen LogP contribution in [0.2, 0.25) is 0 Å². The van der Waals surface area contributed by atoms with E-state index in [1.165, 1.54) is 43.7 Å². The Morgan fingerprint density at radius 2 is 1.83 bits per heavy atom. The highest BCUT2D eigenvalue weighted by atomic mass is 16.2. The summed E-state index contributed by atoms with van der Waals surface area (Å²) >= 11 is 0. The van der Waals surface area contributed by atoms with Crippen LogP contribution in [-0.2, 0) is 9.59 Å². The highest BCUT2D eigenvalue weighted by molar-refractivity contribution is 6.46. The molecular weight excluding hydrogens is 370 g/mol. The highest BCUT2D eigenvalue weighted by Gasteiger charge is 2.45. The van der Waals surface area contributed by atoms with Gasteiger partial charge in [-0.3, -0.25) is 14.5 Å². The maximum atomic E-state index is 13.0. The molecule has 3 heterocycles. The van der Waals surface area contributed by atoms with E-state index in [4.69, 9.17) is 0 Å². The number of hydrogen-bond acceptors (Lipinski definition) is 5. The fraction of sp³-hybridized carbons (Fsp3) is 0.667. The Bertz CT molecular complexity index is 801. The lowest BCUT2D eigenvalue weighted by atomic mass is 9.89. The van der Waals surface area contributed by atoms with Gasteiger partial charge >= 0.3 is 11.9 Å². The van der Waals surface area contributed by atoms with Gasteiger partial charge < -0.3 is 4.90 Å². The highest BCUT2D eigenvalue weighted by Crippen LogP contribution is 2.25. The van der Waals surface area contributed by atoms with Crippen molar-refractivity contribution in [3.8, 4) is 0 Å². The molecule has 2 fully saturated rings. The number of amidine groups is 1. The van der Waals surface area contributed by atoms with E-state index in [-0.39, 0.29) is 11.8 Å². The summed E-state index contributed by atoms with van der Waals surface area (Å²) in [7, 11) is 3.05. The Hall–Kier alpha value is -2.35. The first-order chi connectivity index (χ1) is 14.0. The number of dihydropyridines is 1. The number of piperazine rings is 1. The molecule has 0 radical (unpaired) electrons. The number of carbonyl (C=O) groups is 3. The van der Waals surface area contributed by atoms with E-state index < -0.39 is 11.9 Å². The lowest BCUT2D eigenvalue weighted by Crippen LogP contribution is -2.54. The summed E-state index contributed by atoms with van der Waals surface area (Å²) in [6.45, 7) is 4.30. The third kappa shape index (κ3) is 3.90. The first kappa shape index (κ1) is 19.9. The summed E-state index contributed by atoms with van der Waals surface area (Å²) in [5.41, 5.74) is 0.300. The Labute approximate surface area is 171 Å². The zero-order chi connectivity index (χ0) is 20.5. The van der Waals surface area contributed by atoms with Crippen molar-refractivity contribution in [1.82, 2.24) is 14.7 Å². The van der Waals surface area contributed by atoms with Crippen molar-refractivity contribution in [2.24, 2.45) is 16.8 Å². The number of rotatable bonds is 3. The second-order valence-corrected chi connectivity index (χ2v) is 8.53. The molecule has 1 unspecified atom stereocenters. The molecule has 0 N–H and O–H groups in total. The third-order valence-electron chi connectivity index (χ3n) is 6.59. The smallest absolute Gasteiger partial charge is 0.333 e. The van der Waals surface area contributed by atoms with E-state index in [1.54, 1.807) is 19.2 Å². The van der Waals surface area contributed by atoms with Crippen LogP contribution in [0.5, 0.6) is 0 Å². The molecule has 8 nitrogen and oxygen atoms in total. The molecule has 0 aromatic rings. The van der Waals surface area contributed by atoms with Crippen LogP contribution in [0, 0.1) is 11.8 Å². The van der Waals surface area contributed by atoms with Crippen LogP contribution in [0.1, 0.15) is 32.1 Å². The fourth-order valence-electron chi connectivity index (χ4n) is 4.76. The van der Waals surface area contributed by atoms with Gasteiger partial charge in [-0.25, -0.2) is 4.79 Å². The van der Waals surface area contributed by atoms with Crippen LogP contribution in [-0.4, -0.2) is 95.5 Å². The van der Waals surface area contributed by atoms with Crippen molar-refractivity contribution in [2.45, 2.75) is 32.1 Å². The molecule has 3 aliphatic heterocycles. The van der Waals surface area contributed by atoms with Crippen molar-refractivity contribution in [2.75, 3.05) is 46.8 Å². The van der Waals surface area contributed by atoms with Crippen LogP contribution in [0.25, 0.3) is 0 Å². The van der Waals surface area contributed by atoms with Crippen LogP contribution >= 0.6 is 0 Å². The predicted octanol–water partition coefficient (Wildman–Crippen LogP) is 0.971. The van der Waals surface area contributed by atoms with E-state index in [0.29, 0.717) is 24.6 Å². The summed E-state index contributed by atoms with van der Waals surface area (Å²) < 4.78 is 1.35. The maximum absolute atomic E-state index is 13.0. The van der Waals surface area contributed by atoms with Crippen LogP contribution in [0.4, 0.5) is 4.79 Å². The van der Waals surface area contributed by atoms with Gasteiger partial charge in [0.05, 0.1) is 14.1 Å². The summed E-state index contributed by atoms with van der Waals surface area (Å²) in [6.07, 6.45) is 10.0. The van der Waals surface area contributed by atoms with Gasteiger partial charge in [0.15, 0.2) is 5.92 Å². The van der Waals surface area contributed by atoms with Gasteiger partial charge in [0, 0.05) is 32.7 Å². The number of nitrogens with zero attached hydrogens (tertiary/aromatic N) is 5. The second-order valence-electron chi connectivity index (χ2n) is 8.53. The van der Waals surface area contributed by atoms with E-state index in [9.17, 15) is 14.4 Å². The van der Waals surface area contributed by atoms with Crippen LogP contribution < -0.4 is 0 Å². The molecule has 0 bridgehead atoms. The Kier molecular flexibility index (Phi) is 5.63. The lowest BCUT2D eigenvalue weighted by molar-refractivity contribution is -0.407. The minimum absolute atomic E-state index is 0.128. The minimum atomic E-state index is -0.605. The standard InChI is InChI=1S/C21H30N5O3/c1-23-18-16(19(27)24(2)21(23)29)8-9-17(22-18)20(28)26-12-10-25(11-13-26)14-15-6-4-3-5-7-15/h8-9,15-16H,3-7,10-14H2,1-2H3/q+1. The topological polar surface area (TPSA) is 76.3 Å². The quantitative estimate of drug-likeness (QED) is 0.662. The normalized spacial score (nSPS) is 26.7. The van der Waals surface area contributed by atoms with Gasteiger partial charge in [0.2, 0.25) is 5.71 Å². The Morgan fingerprint density at radius 3 is 2.52 bits per heavy atom. The van der Waals surface area contributed by atoms with Gasteiger partial charge in [-0.2, -0.15) is 9.48 Å². The van der Waals surface area contributed by atoms with Gasteiger partial charge in [-0.05, 0) is 24.8 Å². The van der Waals surface area contributed by atoms with Crippen LogP contribution in [0.3, 0.4) is 0 Å². The number of imide groups is 1. The molecule has 0 spiro atoms. The number of aliphatic imine (C=N–C) groups is 1. The van der Waals surface area contributed by atoms with Crippen molar-refractivity contribution in [1.29, 1.82) is 0 Å². The summed E-state index contributed by atoms with van der Waals surface area (Å²) in [4.78, 5) is 47.3. The molecule has 0 aromatic carbocycles. The van der Waals surface area contributed by atoms with Crippen molar-refractivity contribution < 1.29 is 19.0 Å². The lowest BCUT2D eigenvalue weighted by Gasteiger charge is -2.37. The largest absolute Gasteiger partial charge is 0.445 e. The van der Waals surface area contributed by atoms with E-state index in [0.717, 1.165) is 30.5 Å². The monoisotopic (exact) mass is 400 g/mol. The van der Waals surface area contributed by atoms with Gasteiger partial charge in [0.25, 0.3) is 11.7 Å². The third-order valence-corrected chi connectivity index (χ3v) is 6.59. The SMILES string of the molecule is CN1C(=O)C2C=CC(C(=O)N3CCN(CC4CCCCC4)CC3)=NC2=[N+](C)C1=O. The number of carbonyl (C=O) groups excluding carboxylic acids is 3. The molecule has 1 saturated heterocycles. The van der Waals surface area contributed by atoms with Crippen molar-refractivity contribution >= 4 is 29.4 Å². The zero-order valence-electron chi connectivity index (χ0n) is 17.3. The molecule has 1 aliphatic carbocycles. The van der Waals surface area contributed by atoms with E-state index in [2.05, 4.69) is 9.89 Å². The Morgan fingerprint density at radius 1 is 1.14 bits per heavy atom. The molecule has 29 heavy (non-hydrogen) atoms. The van der Waals surface area contributed by atoms with E-state index in [1.807, 2.05) is 4.90 Å². The number of urea groups is 1. The van der Waals surface area contributed by atoms with Gasteiger partial charge in [0.1, 0.15) is 0 Å². The number of hydrogen-bond donors (Lipinski definition) is 0. The fourth-order valence-corrected chi connectivity index (χ4v) is 4.76. The molecule has 8 heteroatoms. The van der Waals surface area contributed by atoms with Crippen LogP contribution in [0.15, 0.2) is 17.1 Å². The average Bonchev–Trinajstić information content (AvgIpc) is 2.76. The number of amides is 4. The van der Waals surface area contributed by atoms with Crippen molar-refractivity contribution in [3.05, 3.63) is 12.2 Å². The van der Waals surface area contributed by atoms with Crippen molar-refractivity contribution in [3.63, 3.8) is 0 Å². The first-order valence-corrected chi connectivity index (χ1v) is 10.7. The Balaban J connectivity index is 1.39. The molecule has 4 aliphatic rings. The molecule has 4 rings (SSSR count). The zero-order valence-corrected chi connectivity index (χ0v) is 17.3. The second kappa shape index (κ2) is 8.18. The summed E-state index contributed by atoms with van der Waals surface area (Å²) in [6, 6.07) is -0.427. The first-order valence-electron chi connectivity index (χ1n) is 10.7. The molecule has 1 saturated carbocycles.